The lowest BCUT2D eigenvalue weighted by molar-refractivity contribution is -0.148. The summed E-state index contributed by atoms with van der Waals surface area (Å²) in [5, 5.41) is 6.06. The molecule has 1 fully saturated rings. The van der Waals surface area contributed by atoms with Gasteiger partial charge in [0.1, 0.15) is 6.04 Å². The van der Waals surface area contributed by atoms with E-state index in [4.69, 9.17) is 9.47 Å². The average Bonchev–Trinajstić information content (AvgIpc) is 3.62. The van der Waals surface area contributed by atoms with Gasteiger partial charge >= 0.3 is 0 Å². The lowest BCUT2D eigenvalue weighted by atomic mass is 9.89. The molecule has 2 N–H and O–H groups in total. The van der Waals surface area contributed by atoms with Gasteiger partial charge in [-0.05, 0) is 56.7 Å². The molecule has 0 aromatic heterocycles. The van der Waals surface area contributed by atoms with E-state index in [1.165, 1.54) is 0 Å². The molecule has 0 aliphatic carbocycles. The minimum atomic E-state index is -0.764. The molecule has 1 aromatic rings. The fourth-order valence-electron chi connectivity index (χ4n) is 8.19. The van der Waals surface area contributed by atoms with Gasteiger partial charge in [-0.3, -0.25) is 28.9 Å². The number of likely N-dealkylation sites (tertiary alicyclic amines) is 1. The SMILES string of the molecule is CCC(C)C(C(CC(=O)N1CCCC1C(OC)C(C)C(=O)NC(Cc1ccccc1)C(=O)C(C)C)OC)N(C)C(=O)C(NC(=O)C(C(C)C)N(C)C)C(C)C. The minimum Gasteiger partial charge on any atom is -0.379 e. The van der Waals surface area contributed by atoms with E-state index in [2.05, 4.69) is 10.6 Å². The third-order valence-electron chi connectivity index (χ3n) is 11.5. The predicted octanol–water partition coefficient (Wildman–Crippen LogP) is 4.59. The van der Waals surface area contributed by atoms with Gasteiger partial charge in [-0.1, -0.05) is 99.1 Å². The number of rotatable bonds is 22. The number of nitrogens with one attached hydrogen (secondary N) is 2. The average molecular weight is 772 g/mol. The predicted molar refractivity (Wildman–Crippen MR) is 217 cm³/mol. The number of nitrogens with zero attached hydrogens (tertiary/aromatic N) is 3. The zero-order valence-corrected chi connectivity index (χ0v) is 36.3. The Hall–Kier alpha value is -3.35. The van der Waals surface area contributed by atoms with Crippen LogP contribution in [-0.4, -0.2) is 128 Å². The molecule has 1 saturated heterocycles. The number of hydrogen-bond acceptors (Lipinski definition) is 8. The molecule has 0 saturated carbocycles. The van der Waals surface area contributed by atoms with Crippen molar-refractivity contribution in [2.24, 2.45) is 29.6 Å². The van der Waals surface area contributed by atoms with Crippen LogP contribution in [-0.2, 0) is 39.9 Å². The van der Waals surface area contributed by atoms with Crippen LogP contribution in [0.3, 0.4) is 0 Å². The maximum Gasteiger partial charge on any atom is 0.245 e. The first-order chi connectivity index (χ1) is 25.8. The Labute approximate surface area is 331 Å². The number of hydrogen-bond donors (Lipinski definition) is 2. The zero-order valence-electron chi connectivity index (χ0n) is 36.3. The summed E-state index contributed by atoms with van der Waals surface area (Å²) >= 11 is 0. The Morgan fingerprint density at radius 1 is 0.855 bits per heavy atom. The van der Waals surface area contributed by atoms with E-state index in [9.17, 15) is 24.0 Å². The molecular formula is C43H73N5O7. The van der Waals surface area contributed by atoms with E-state index >= 15 is 0 Å². The van der Waals surface area contributed by atoms with Crippen molar-refractivity contribution >= 4 is 29.4 Å². The molecule has 1 heterocycles. The first kappa shape index (κ1) is 47.8. The molecule has 4 amide bonds. The van der Waals surface area contributed by atoms with Crippen LogP contribution < -0.4 is 10.6 Å². The number of benzene rings is 1. The van der Waals surface area contributed by atoms with Crippen LogP contribution in [0.25, 0.3) is 0 Å². The summed E-state index contributed by atoms with van der Waals surface area (Å²) in [7, 11) is 8.57. The molecular weight excluding hydrogens is 699 g/mol. The van der Waals surface area contributed by atoms with Crippen molar-refractivity contribution in [1.82, 2.24) is 25.3 Å². The van der Waals surface area contributed by atoms with Crippen molar-refractivity contribution in [2.45, 2.75) is 137 Å². The van der Waals surface area contributed by atoms with E-state index < -0.39 is 42.3 Å². The van der Waals surface area contributed by atoms with Crippen LogP contribution in [0.1, 0.15) is 93.6 Å². The number of carbonyl (C=O) groups excluding carboxylic acids is 5. The van der Waals surface area contributed by atoms with Crippen LogP contribution >= 0.6 is 0 Å². The quantitative estimate of drug-likeness (QED) is 0.175. The standard InChI is InChI=1S/C43H73N5O7/c1-15-29(8)38(47(12)43(53)36(26(2)3)45-42(52)37(27(4)5)46(10)11)34(54-13)25-35(49)48-23-19-22-33(48)40(55-14)30(9)41(51)44-32(39(50)28(6)7)24-31-20-17-16-18-21-31/h16-18,20-21,26-30,32-34,36-38,40H,15,19,22-25H2,1-14H3,(H,44,51)(H,45,52). The van der Waals surface area contributed by atoms with E-state index in [1.807, 2.05) is 105 Å². The molecule has 1 aliphatic rings. The molecule has 312 valence electrons. The first-order valence-electron chi connectivity index (χ1n) is 20.3. The summed E-state index contributed by atoms with van der Waals surface area (Å²) in [5.41, 5.74) is 0.953. The van der Waals surface area contributed by atoms with Gasteiger partial charge in [-0.25, -0.2) is 0 Å². The highest BCUT2D eigenvalue weighted by molar-refractivity contribution is 5.91. The highest BCUT2D eigenvalue weighted by Crippen LogP contribution is 2.30. The number of Topliss-reactive ketones (excluding diaryl/α,β-unsaturated/α-hetero) is 1. The van der Waals surface area contributed by atoms with Crippen LogP contribution in [0.4, 0.5) is 0 Å². The first-order valence-corrected chi connectivity index (χ1v) is 20.3. The lowest BCUT2D eigenvalue weighted by Crippen LogP contribution is -2.59. The minimum absolute atomic E-state index is 0.0213. The molecule has 9 atom stereocenters. The van der Waals surface area contributed by atoms with Crippen LogP contribution in [0.2, 0.25) is 0 Å². The molecule has 0 bridgehead atoms. The summed E-state index contributed by atoms with van der Waals surface area (Å²) < 4.78 is 12.0. The number of ether oxygens (including phenoxy) is 2. The van der Waals surface area contributed by atoms with Crippen molar-refractivity contribution in [3.63, 3.8) is 0 Å². The van der Waals surface area contributed by atoms with Crippen molar-refractivity contribution in [1.29, 1.82) is 0 Å². The Morgan fingerprint density at radius 3 is 1.96 bits per heavy atom. The smallest absolute Gasteiger partial charge is 0.245 e. The summed E-state index contributed by atoms with van der Waals surface area (Å²) in [6, 6.07) is 6.95. The Balaban J connectivity index is 2.30. The highest BCUT2D eigenvalue weighted by Gasteiger charge is 2.43. The number of amides is 4. The normalized spacial score (nSPS) is 19.1. The number of methoxy groups -OCH3 is 2. The second-order valence-electron chi connectivity index (χ2n) is 16.8. The third kappa shape index (κ3) is 12.8. The molecule has 1 aliphatic heterocycles. The van der Waals surface area contributed by atoms with Crippen LogP contribution in [0.15, 0.2) is 30.3 Å². The molecule has 0 radical (unpaired) electrons. The van der Waals surface area contributed by atoms with Gasteiger partial charge in [0.05, 0.1) is 48.7 Å². The molecule has 1 aromatic carbocycles. The van der Waals surface area contributed by atoms with Crippen molar-refractivity contribution in [2.75, 3.05) is 41.9 Å². The van der Waals surface area contributed by atoms with Gasteiger partial charge in [0, 0.05) is 33.7 Å². The Morgan fingerprint density at radius 2 is 1.47 bits per heavy atom. The van der Waals surface area contributed by atoms with Crippen LogP contribution in [0, 0.1) is 29.6 Å². The van der Waals surface area contributed by atoms with E-state index in [0.29, 0.717) is 19.4 Å². The second-order valence-corrected chi connectivity index (χ2v) is 16.8. The molecule has 2 rings (SSSR count). The molecule has 0 spiro atoms. The van der Waals surface area contributed by atoms with Gasteiger partial charge in [0.15, 0.2) is 5.78 Å². The largest absolute Gasteiger partial charge is 0.379 e. The molecule has 12 nitrogen and oxygen atoms in total. The van der Waals surface area contributed by atoms with Crippen molar-refractivity contribution in [3.8, 4) is 0 Å². The summed E-state index contributed by atoms with van der Waals surface area (Å²) in [6.45, 7) is 17.8. The number of carbonyl (C=O) groups is 5. The maximum absolute atomic E-state index is 14.3. The Kier molecular flexibility index (Phi) is 19.5. The molecule has 9 unspecified atom stereocenters. The van der Waals surface area contributed by atoms with Gasteiger partial charge in [0.25, 0.3) is 0 Å². The van der Waals surface area contributed by atoms with E-state index in [1.54, 1.807) is 38.0 Å². The van der Waals surface area contributed by atoms with Gasteiger partial charge < -0.3 is 29.9 Å². The third-order valence-corrected chi connectivity index (χ3v) is 11.5. The summed E-state index contributed by atoms with van der Waals surface area (Å²) in [5.74, 6) is -1.99. The lowest BCUT2D eigenvalue weighted by Gasteiger charge is -2.41. The molecule has 55 heavy (non-hydrogen) atoms. The number of likely N-dealkylation sites (N-methyl/N-ethyl adjacent to an activating group) is 2. The zero-order chi connectivity index (χ0) is 41.7. The van der Waals surface area contributed by atoms with Crippen molar-refractivity contribution in [3.05, 3.63) is 35.9 Å². The Bertz CT molecular complexity index is 1380. The van der Waals surface area contributed by atoms with Gasteiger partial charge in [-0.2, -0.15) is 0 Å². The van der Waals surface area contributed by atoms with Crippen molar-refractivity contribution < 1.29 is 33.4 Å². The summed E-state index contributed by atoms with van der Waals surface area (Å²) in [6.07, 6.45) is 1.31. The summed E-state index contributed by atoms with van der Waals surface area (Å²) in [4.78, 5) is 74.3. The van der Waals surface area contributed by atoms with Gasteiger partial charge in [-0.15, -0.1) is 0 Å². The van der Waals surface area contributed by atoms with E-state index in [0.717, 1.165) is 18.4 Å². The van der Waals surface area contributed by atoms with Gasteiger partial charge in [0.2, 0.25) is 23.6 Å². The highest BCUT2D eigenvalue weighted by atomic mass is 16.5. The molecule has 12 heteroatoms. The second kappa shape index (κ2) is 22.4. The maximum atomic E-state index is 14.3. The van der Waals surface area contributed by atoms with Crippen LogP contribution in [0.5, 0.6) is 0 Å². The fraction of sp³-hybridized carbons (Fsp3) is 0.744. The topological polar surface area (TPSA) is 138 Å². The number of ketones is 1. The fourth-order valence-corrected chi connectivity index (χ4v) is 8.19. The monoisotopic (exact) mass is 772 g/mol. The van der Waals surface area contributed by atoms with E-state index in [-0.39, 0.29) is 65.5 Å².